The largest absolute Gasteiger partial charge is 0.360 e. The lowest BCUT2D eigenvalue weighted by molar-refractivity contribution is 0.0937. The summed E-state index contributed by atoms with van der Waals surface area (Å²) >= 11 is 12.5. The monoisotopic (exact) mass is 368 g/mol. The van der Waals surface area contributed by atoms with Crippen LogP contribution in [0.15, 0.2) is 22.7 Å². The second-order valence-electron chi connectivity index (χ2n) is 5.93. The van der Waals surface area contributed by atoms with Gasteiger partial charge >= 0.3 is 0 Å². The quantitative estimate of drug-likeness (QED) is 0.641. The number of benzene rings is 1. The minimum absolute atomic E-state index is 0.0768. The van der Waals surface area contributed by atoms with Crippen LogP contribution in [0.25, 0.3) is 11.3 Å². The van der Waals surface area contributed by atoms with E-state index in [4.69, 9.17) is 27.7 Å². The van der Waals surface area contributed by atoms with Crippen molar-refractivity contribution in [1.29, 1.82) is 0 Å². The van der Waals surface area contributed by atoms with Crippen LogP contribution in [-0.2, 0) is 0 Å². The molecule has 0 saturated carbocycles. The van der Waals surface area contributed by atoms with E-state index in [0.29, 0.717) is 32.6 Å². The summed E-state index contributed by atoms with van der Waals surface area (Å²) < 4.78 is 5.23. The molecule has 4 nitrogen and oxygen atoms in total. The molecule has 1 atom stereocenters. The van der Waals surface area contributed by atoms with Gasteiger partial charge in [0.1, 0.15) is 17.0 Å². The summed E-state index contributed by atoms with van der Waals surface area (Å²) in [4.78, 5) is 12.7. The van der Waals surface area contributed by atoms with Gasteiger partial charge in [0.25, 0.3) is 5.91 Å². The third kappa shape index (κ3) is 4.31. The maximum atomic E-state index is 12.7. The summed E-state index contributed by atoms with van der Waals surface area (Å²) in [5, 5.41) is 7.88. The van der Waals surface area contributed by atoms with Gasteiger partial charge in [0.15, 0.2) is 0 Å². The van der Waals surface area contributed by atoms with E-state index < -0.39 is 0 Å². The third-order valence-electron chi connectivity index (χ3n) is 3.91. The summed E-state index contributed by atoms with van der Waals surface area (Å²) in [7, 11) is 0. The minimum Gasteiger partial charge on any atom is -0.360 e. The van der Waals surface area contributed by atoms with Gasteiger partial charge in [-0.25, -0.2) is 0 Å². The van der Waals surface area contributed by atoms with Gasteiger partial charge in [-0.1, -0.05) is 60.6 Å². The topological polar surface area (TPSA) is 55.1 Å². The predicted molar refractivity (Wildman–Crippen MR) is 97.8 cm³/mol. The fourth-order valence-electron chi connectivity index (χ4n) is 2.60. The van der Waals surface area contributed by atoms with Crippen molar-refractivity contribution in [2.45, 2.75) is 52.5 Å². The van der Waals surface area contributed by atoms with Gasteiger partial charge in [-0.15, -0.1) is 0 Å². The Bertz CT molecular complexity index is 693. The van der Waals surface area contributed by atoms with Crippen molar-refractivity contribution in [3.8, 4) is 11.3 Å². The highest BCUT2D eigenvalue weighted by molar-refractivity contribution is 6.39. The molecule has 0 unspecified atom stereocenters. The van der Waals surface area contributed by atoms with Crippen LogP contribution >= 0.6 is 23.2 Å². The molecule has 1 amide bonds. The van der Waals surface area contributed by atoms with Crippen molar-refractivity contribution in [2.24, 2.45) is 0 Å². The number of nitrogens with zero attached hydrogens (tertiary/aromatic N) is 1. The molecule has 0 aliphatic heterocycles. The van der Waals surface area contributed by atoms with Gasteiger partial charge in [0, 0.05) is 11.6 Å². The van der Waals surface area contributed by atoms with Crippen LogP contribution in [0, 0.1) is 6.92 Å². The SMILES string of the molecule is CCCCC[C@H](C)NC(=O)c1c(-c2c(Cl)cccc2Cl)noc1C. The Labute approximate surface area is 152 Å². The van der Waals surface area contributed by atoms with Gasteiger partial charge in [-0.05, 0) is 32.4 Å². The molecule has 1 N–H and O–H groups in total. The lowest BCUT2D eigenvalue weighted by atomic mass is 10.0. The van der Waals surface area contributed by atoms with Gasteiger partial charge in [-0.2, -0.15) is 0 Å². The second kappa shape index (κ2) is 8.54. The number of rotatable bonds is 7. The molecule has 1 heterocycles. The van der Waals surface area contributed by atoms with Crippen LogP contribution in [0.2, 0.25) is 10.0 Å². The number of aryl methyl sites for hydroxylation is 1. The first-order valence-electron chi connectivity index (χ1n) is 8.17. The zero-order valence-electron chi connectivity index (χ0n) is 14.2. The molecule has 0 saturated heterocycles. The molecule has 6 heteroatoms. The first-order chi connectivity index (χ1) is 11.5. The van der Waals surface area contributed by atoms with Crippen molar-refractivity contribution in [1.82, 2.24) is 10.5 Å². The molecule has 1 aromatic carbocycles. The number of aromatic nitrogens is 1. The van der Waals surface area contributed by atoms with Crippen molar-refractivity contribution < 1.29 is 9.32 Å². The minimum atomic E-state index is -0.219. The molecule has 2 rings (SSSR count). The molecule has 0 aliphatic carbocycles. The summed E-state index contributed by atoms with van der Waals surface area (Å²) in [5.41, 5.74) is 1.27. The maximum Gasteiger partial charge on any atom is 0.257 e. The fourth-order valence-corrected chi connectivity index (χ4v) is 3.18. The highest BCUT2D eigenvalue weighted by Gasteiger charge is 2.25. The zero-order chi connectivity index (χ0) is 17.7. The second-order valence-corrected chi connectivity index (χ2v) is 6.74. The standard InChI is InChI=1S/C18H22Cl2N2O2/c1-4-5-6-8-11(2)21-18(23)15-12(3)24-22-17(15)16-13(19)9-7-10-14(16)20/h7,9-11H,4-6,8H2,1-3H3,(H,21,23)/t11-/m0/s1. The number of carbonyl (C=O) groups is 1. The van der Waals surface area contributed by atoms with Crippen LogP contribution in [0.1, 0.15) is 55.6 Å². The third-order valence-corrected chi connectivity index (χ3v) is 4.54. The number of nitrogens with one attached hydrogen (secondary N) is 1. The van der Waals surface area contributed by atoms with E-state index in [-0.39, 0.29) is 11.9 Å². The molecule has 130 valence electrons. The van der Waals surface area contributed by atoms with Crippen LogP contribution in [0.4, 0.5) is 0 Å². The van der Waals surface area contributed by atoms with E-state index in [0.717, 1.165) is 25.7 Å². The molecule has 24 heavy (non-hydrogen) atoms. The summed E-state index contributed by atoms with van der Waals surface area (Å²) in [5.74, 6) is 0.225. The molecular weight excluding hydrogens is 347 g/mol. The van der Waals surface area contributed by atoms with E-state index in [9.17, 15) is 4.79 Å². The highest BCUT2D eigenvalue weighted by Crippen LogP contribution is 2.36. The summed E-state index contributed by atoms with van der Waals surface area (Å²) in [6, 6.07) is 5.24. The van der Waals surface area contributed by atoms with Gasteiger partial charge in [0.05, 0.1) is 10.0 Å². The number of hydrogen-bond acceptors (Lipinski definition) is 3. The number of halogens is 2. The first-order valence-corrected chi connectivity index (χ1v) is 8.92. The summed E-state index contributed by atoms with van der Waals surface area (Å²) in [6.07, 6.45) is 4.34. The fraction of sp³-hybridized carbons (Fsp3) is 0.444. The molecule has 0 aliphatic rings. The van der Waals surface area contributed by atoms with Crippen molar-refractivity contribution in [3.05, 3.63) is 39.6 Å². The Morgan fingerprint density at radius 1 is 1.29 bits per heavy atom. The first kappa shape index (κ1) is 18.8. The van der Waals surface area contributed by atoms with Gasteiger partial charge < -0.3 is 9.84 Å². The predicted octanol–water partition coefficient (Wildman–Crippen LogP) is 5.66. The molecule has 1 aromatic heterocycles. The molecule has 0 fully saturated rings. The molecule has 0 bridgehead atoms. The molecule has 0 spiro atoms. The lowest BCUT2D eigenvalue weighted by Crippen LogP contribution is -2.33. The number of unbranched alkanes of at least 4 members (excludes halogenated alkanes) is 2. The van der Waals surface area contributed by atoms with Gasteiger partial charge in [-0.3, -0.25) is 4.79 Å². The Kier molecular flexibility index (Phi) is 6.69. The Hall–Kier alpha value is -1.52. The molecule has 0 radical (unpaired) electrons. The van der Waals surface area contributed by atoms with E-state index in [2.05, 4.69) is 17.4 Å². The Morgan fingerprint density at radius 2 is 1.96 bits per heavy atom. The maximum absolute atomic E-state index is 12.7. The van der Waals surface area contributed by atoms with Crippen molar-refractivity contribution in [3.63, 3.8) is 0 Å². The molecular formula is C18H22Cl2N2O2. The number of amides is 1. The normalized spacial score (nSPS) is 12.2. The number of hydrogen-bond donors (Lipinski definition) is 1. The number of carbonyl (C=O) groups excluding carboxylic acids is 1. The van der Waals surface area contributed by atoms with Crippen LogP contribution in [-0.4, -0.2) is 17.1 Å². The summed E-state index contributed by atoms with van der Waals surface area (Å²) in [6.45, 7) is 5.86. The zero-order valence-corrected chi connectivity index (χ0v) is 15.7. The van der Waals surface area contributed by atoms with Crippen LogP contribution < -0.4 is 5.32 Å². The van der Waals surface area contributed by atoms with Gasteiger partial charge in [0.2, 0.25) is 0 Å². The average molecular weight is 369 g/mol. The van der Waals surface area contributed by atoms with Crippen LogP contribution in [0.5, 0.6) is 0 Å². The lowest BCUT2D eigenvalue weighted by Gasteiger charge is -2.14. The average Bonchev–Trinajstić information content (AvgIpc) is 2.89. The van der Waals surface area contributed by atoms with E-state index in [1.54, 1.807) is 25.1 Å². The van der Waals surface area contributed by atoms with Crippen LogP contribution in [0.3, 0.4) is 0 Å². The van der Waals surface area contributed by atoms with E-state index >= 15 is 0 Å². The smallest absolute Gasteiger partial charge is 0.257 e. The van der Waals surface area contributed by atoms with Crippen molar-refractivity contribution in [2.75, 3.05) is 0 Å². The highest BCUT2D eigenvalue weighted by atomic mass is 35.5. The van der Waals surface area contributed by atoms with E-state index in [1.807, 2.05) is 6.92 Å². The van der Waals surface area contributed by atoms with Crippen molar-refractivity contribution >= 4 is 29.1 Å². The van der Waals surface area contributed by atoms with E-state index in [1.165, 1.54) is 0 Å². The Morgan fingerprint density at radius 3 is 2.58 bits per heavy atom. The molecule has 2 aromatic rings. The Balaban J connectivity index is 2.25.